The summed E-state index contributed by atoms with van der Waals surface area (Å²) < 4.78 is 39.8. The molecule has 6 nitrogen and oxygen atoms in total. The first-order chi connectivity index (χ1) is 13.8. The monoisotopic (exact) mass is 566 g/mol. The Balaban J connectivity index is 0.00000450. The van der Waals surface area contributed by atoms with Crippen LogP contribution in [0.25, 0.3) is 0 Å². The number of aliphatic imine (C=N–C) groups is 1. The van der Waals surface area contributed by atoms with E-state index < -0.39 is 10.0 Å². The Morgan fingerprint density at radius 1 is 1.07 bits per heavy atom. The van der Waals surface area contributed by atoms with E-state index in [1.54, 1.807) is 55.2 Å². The van der Waals surface area contributed by atoms with Gasteiger partial charge in [0.25, 0.3) is 0 Å². The molecule has 0 atom stereocenters. The lowest BCUT2D eigenvalue weighted by Crippen LogP contribution is -2.37. The molecule has 0 amide bonds. The van der Waals surface area contributed by atoms with Crippen LogP contribution >= 0.6 is 35.7 Å². The molecule has 0 aliphatic rings. The molecule has 2 aromatic rings. The molecule has 10 heteroatoms. The molecular formula is C20H28FIN4O2S2. The minimum absolute atomic E-state index is 0. The van der Waals surface area contributed by atoms with Crippen molar-refractivity contribution >= 4 is 51.7 Å². The first kappa shape index (κ1) is 26.7. The maximum atomic E-state index is 13.5. The predicted octanol–water partition coefficient (Wildman–Crippen LogP) is 3.42. The van der Waals surface area contributed by atoms with Gasteiger partial charge in [0.15, 0.2) is 5.96 Å². The third-order valence-electron chi connectivity index (χ3n) is 4.32. The molecular weight excluding hydrogens is 538 g/mol. The number of sulfonamides is 1. The first-order valence-corrected chi connectivity index (χ1v) is 11.8. The molecule has 2 aromatic carbocycles. The Labute approximate surface area is 199 Å². The summed E-state index contributed by atoms with van der Waals surface area (Å²) in [4.78, 5) is 4.45. The summed E-state index contributed by atoms with van der Waals surface area (Å²) in [5, 5.41) is 6.35. The summed E-state index contributed by atoms with van der Waals surface area (Å²) in [7, 11) is 1.12. The standard InChI is InChI=1S/C20H27FN4O2S2.HI/c1-22-20(23-12-15-9-10-18(21)11-17(15)14-28-4)24-13-16-7-5-6-8-19(16)29(26,27)25(2)3;/h5-11H,12-14H2,1-4H3,(H2,22,23,24);1H. The molecule has 0 aliphatic heterocycles. The fourth-order valence-corrected chi connectivity index (χ4v) is 4.43. The van der Waals surface area contributed by atoms with Crippen LogP contribution in [0.4, 0.5) is 4.39 Å². The molecule has 0 fully saturated rings. The summed E-state index contributed by atoms with van der Waals surface area (Å²) >= 11 is 1.63. The Morgan fingerprint density at radius 3 is 2.30 bits per heavy atom. The molecule has 0 radical (unpaired) electrons. The topological polar surface area (TPSA) is 73.8 Å². The number of hydrogen-bond donors (Lipinski definition) is 2. The number of hydrogen-bond acceptors (Lipinski definition) is 4. The number of nitrogens with one attached hydrogen (secondary N) is 2. The van der Waals surface area contributed by atoms with Crippen LogP contribution in [0.3, 0.4) is 0 Å². The highest BCUT2D eigenvalue weighted by molar-refractivity contribution is 14.0. The van der Waals surface area contributed by atoms with E-state index in [1.807, 2.05) is 6.26 Å². The van der Waals surface area contributed by atoms with Crippen molar-refractivity contribution in [2.45, 2.75) is 23.7 Å². The van der Waals surface area contributed by atoms with Gasteiger partial charge in [-0.15, -0.1) is 24.0 Å². The largest absolute Gasteiger partial charge is 0.352 e. The highest BCUT2D eigenvalue weighted by atomic mass is 127. The van der Waals surface area contributed by atoms with E-state index in [0.717, 1.165) is 16.9 Å². The molecule has 0 aromatic heterocycles. The zero-order valence-electron chi connectivity index (χ0n) is 17.5. The minimum Gasteiger partial charge on any atom is -0.352 e. The molecule has 166 valence electrons. The lowest BCUT2D eigenvalue weighted by atomic mass is 10.1. The average Bonchev–Trinajstić information content (AvgIpc) is 2.69. The number of thioether (sulfide) groups is 1. The van der Waals surface area contributed by atoms with Crippen LogP contribution in [0.15, 0.2) is 52.4 Å². The van der Waals surface area contributed by atoms with Gasteiger partial charge in [0, 0.05) is 40.0 Å². The third-order valence-corrected chi connectivity index (χ3v) is 6.83. The molecule has 0 bridgehead atoms. The molecule has 0 unspecified atom stereocenters. The SMILES string of the molecule is CN=C(NCc1ccc(F)cc1CSC)NCc1ccccc1S(=O)(=O)N(C)C.I. The van der Waals surface area contributed by atoms with Gasteiger partial charge in [-0.25, -0.2) is 17.1 Å². The van der Waals surface area contributed by atoms with Gasteiger partial charge in [-0.05, 0) is 41.1 Å². The van der Waals surface area contributed by atoms with Crippen molar-refractivity contribution in [3.63, 3.8) is 0 Å². The van der Waals surface area contributed by atoms with Gasteiger partial charge >= 0.3 is 0 Å². The van der Waals surface area contributed by atoms with E-state index in [2.05, 4.69) is 15.6 Å². The van der Waals surface area contributed by atoms with Gasteiger partial charge in [-0.1, -0.05) is 24.3 Å². The molecule has 2 rings (SSSR count). The summed E-state index contributed by atoms with van der Waals surface area (Å²) in [6.07, 6.45) is 1.97. The van der Waals surface area contributed by atoms with Crippen molar-refractivity contribution in [2.24, 2.45) is 4.99 Å². The van der Waals surface area contributed by atoms with Crippen LogP contribution in [0.5, 0.6) is 0 Å². The van der Waals surface area contributed by atoms with E-state index in [0.29, 0.717) is 24.6 Å². The lowest BCUT2D eigenvalue weighted by Gasteiger charge is -2.17. The maximum absolute atomic E-state index is 13.5. The van der Waals surface area contributed by atoms with Crippen molar-refractivity contribution in [2.75, 3.05) is 27.4 Å². The van der Waals surface area contributed by atoms with Crippen LogP contribution in [0, 0.1) is 5.82 Å². The van der Waals surface area contributed by atoms with Crippen molar-refractivity contribution in [1.82, 2.24) is 14.9 Å². The van der Waals surface area contributed by atoms with Crippen LogP contribution in [-0.2, 0) is 28.9 Å². The molecule has 0 heterocycles. The second kappa shape index (κ2) is 12.5. The van der Waals surface area contributed by atoms with Gasteiger partial charge in [-0.2, -0.15) is 11.8 Å². The number of benzene rings is 2. The number of halogens is 2. The lowest BCUT2D eigenvalue weighted by molar-refractivity contribution is 0.519. The Hall–Kier alpha value is -1.37. The van der Waals surface area contributed by atoms with E-state index in [-0.39, 0.29) is 34.7 Å². The Bertz CT molecular complexity index is 969. The molecule has 0 saturated carbocycles. The minimum atomic E-state index is -3.54. The fourth-order valence-electron chi connectivity index (χ4n) is 2.73. The highest BCUT2D eigenvalue weighted by Gasteiger charge is 2.20. The molecule has 0 spiro atoms. The van der Waals surface area contributed by atoms with Gasteiger partial charge in [0.05, 0.1) is 4.90 Å². The van der Waals surface area contributed by atoms with Crippen molar-refractivity contribution in [3.05, 3.63) is 65.0 Å². The zero-order chi connectivity index (χ0) is 21.4. The van der Waals surface area contributed by atoms with Crippen LogP contribution < -0.4 is 10.6 Å². The smallest absolute Gasteiger partial charge is 0.242 e. The van der Waals surface area contributed by atoms with Crippen LogP contribution in [-0.4, -0.2) is 46.1 Å². The van der Waals surface area contributed by atoms with Crippen molar-refractivity contribution in [3.8, 4) is 0 Å². The number of guanidine groups is 1. The van der Waals surface area contributed by atoms with Gasteiger partial charge in [0.1, 0.15) is 5.82 Å². The molecule has 0 saturated heterocycles. The van der Waals surface area contributed by atoms with Crippen molar-refractivity contribution < 1.29 is 12.8 Å². The fraction of sp³-hybridized carbons (Fsp3) is 0.350. The molecule has 30 heavy (non-hydrogen) atoms. The Kier molecular flexibility index (Phi) is 11.1. The third kappa shape index (κ3) is 7.10. The maximum Gasteiger partial charge on any atom is 0.242 e. The summed E-state index contributed by atoms with van der Waals surface area (Å²) in [6, 6.07) is 11.6. The van der Waals surface area contributed by atoms with Gasteiger partial charge < -0.3 is 10.6 Å². The second-order valence-electron chi connectivity index (χ2n) is 6.52. The first-order valence-electron chi connectivity index (χ1n) is 9.00. The van der Waals surface area contributed by atoms with E-state index in [9.17, 15) is 12.8 Å². The van der Waals surface area contributed by atoms with Crippen LogP contribution in [0.2, 0.25) is 0 Å². The van der Waals surface area contributed by atoms with E-state index in [4.69, 9.17) is 0 Å². The van der Waals surface area contributed by atoms with E-state index >= 15 is 0 Å². The highest BCUT2D eigenvalue weighted by Crippen LogP contribution is 2.19. The number of nitrogens with zero attached hydrogens (tertiary/aromatic N) is 2. The zero-order valence-corrected chi connectivity index (χ0v) is 21.4. The molecule has 0 aliphatic carbocycles. The Morgan fingerprint density at radius 2 is 1.70 bits per heavy atom. The predicted molar refractivity (Wildman–Crippen MR) is 133 cm³/mol. The number of rotatable bonds is 8. The summed E-state index contributed by atoms with van der Waals surface area (Å²) in [6.45, 7) is 0.775. The van der Waals surface area contributed by atoms with E-state index in [1.165, 1.54) is 24.5 Å². The summed E-state index contributed by atoms with van der Waals surface area (Å²) in [5.41, 5.74) is 2.57. The van der Waals surface area contributed by atoms with Crippen LogP contribution in [0.1, 0.15) is 16.7 Å². The van der Waals surface area contributed by atoms with Crippen molar-refractivity contribution in [1.29, 1.82) is 0 Å². The van der Waals surface area contributed by atoms with Gasteiger partial charge in [0.2, 0.25) is 10.0 Å². The molecule has 2 N–H and O–H groups in total. The quantitative estimate of drug-likeness (QED) is 0.291. The normalized spacial score (nSPS) is 11.9. The summed E-state index contributed by atoms with van der Waals surface area (Å²) in [5.74, 6) is 0.997. The second-order valence-corrected chi connectivity index (χ2v) is 9.51. The van der Waals surface area contributed by atoms with Gasteiger partial charge in [-0.3, -0.25) is 4.99 Å². The average molecular weight is 567 g/mol.